The summed E-state index contributed by atoms with van der Waals surface area (Å²) in [6.07, 6.45) is 0. The molecule has 0 unspecified atom stereocenters. The van der Waals surface area contributed by atoms with Gasteiger partial charge in [-0.3, -0.25) is 4.79 Å². The summed E-state index contributed by atoms with van der Waals surface area (Å²) in [5.41, 5.74) is 2.26. The summed E-state index contributed by atoms with van der Waals surface area (Å²) in [5, 5.41) is 19.6. The van der Waals surface area contributed by atoms with E-state index in [2.05, 4.69) is 6.58 Å². The van der Waals surface area contributed by atoms with Gasteiger partial charge >= 0.3 is 0 Å². The number of aromatic hydroxyl groups is 2. The summed E-state index contributed by atoms with van der Waals surface area (Å²) < 4.78 is 0. The van der Waals surface area contributed by atoms with Gasteiger partial charge in [-0.15, -0.1) is 0 Å². The minimum Gasteiger partial charge on any atom is -0.507 e. The summed E-state index contributed by atoms with van der Waals surface area (Å²) in [7, 11) is 0. The Kier molecular flexibility index (Phi) is 2.04. The Morgan fingerprint density at radius 2 is 1.28 bits per heavy atom. The minimum atomic E-state index is -0.372. The summed E-state index contributed by atoms with van der Waals surface area (Å²) in [5.74, 6) is -0.552. The van der Waals surface area contributed by atoms with Crippen LogP contribution in [0.3, 0.4) is 0 Å². The normalized spacial score (nSPS) is 13.1. The van der Waals surface area contributed by atoms with Gasteiger partial charge in [0, 0.05) is 0 Å². The van der Waals surface area contributed by atoms with Crippen molar-refractivity contribution in [3.63, 3.8) is 0 Å². The molecule has 0 saturated heterocycles. The molecular weight excluding hydrogens is 228 g/mol. The van der Waals surface area contributed by atoms with E-state index < -0.39 is 0 Å². The van der Waals surface area contributed by atoms with E-state index in [4.69, 9.17) is 0 Å². The third-order valence-corrected chi connectivity index (χ3v) is 3.19. The zero-order valence-electron chi connectivity index (χ0n) is 9.47. The average Bonchev–Trinajstić information content (AvgIpc) is 2.35. The molecular formula is C15H10O3. The number of hydrogen-bond acceptors (Lipinski definition) is 3. The van der Waals surface area contributed by atoms with Gasteiger partial charge in [-0.05, 0) is 28.8 Å². The first-order valence-electron chi connectivity index (χ1n) is 5.49. The molecule has 0 aliphatic heterocycles. The summed E-state index contributed by atoms with van der Waals surface area (Å²) in [4.78, 5) is 12.3. The smallest absolute Gasteiger partial charge is 0.201 e. The van der Waals surface area contributed by atoms with E-state index in [1.807, 2.05) is 0 Å². The Labute approximate surface area is 104 Å². The maximum absolute atomic E-state index is 12.3. The standard InChI is InChI=1S/C15H10O3/c1-8-9-4-2-6-11(16)13(9)15(18)14-10(8)5-3-7-12(14)17/h2-7,16-17H,1H2. The second kappa shape index (κ2) is 3.47. The third-order valence-electron chi connectivity index (χ3n) is 3.19. The highest BCUT2D eigenvalue weighted by Gasteiger charge is 2.30. The molecule has 0 aromatic heterocycles. The van der Waals surface area contributed by atoms with E-state index in [0.29, 0.717) is 16.7 Å². The molecule has 0 amide bonds. The van der Waals surface area contributed by atoms with E-state index in [1.165, 1.54) is 12.1 Å². The molecule has 88 valence electrons. The largest absolute Gasteiger partial charge is 0.507 e. The van der Waals surface area contributed by atoms with Crippen LogP contribution in [0.5, 0.6) is 11.5 Å². The molecule has 2 N–H and O–H groups in total. The maximum atomic E-state index is 12.3. The van der Waals surface area contributed by atoms with Crippen LogP contribution in [0.25, 0.3) is 5.57 Å². The number of carbonyl (C=O) groups is 1. The fourth-order valence-corrected chi connectivity index (χ4v) is 2.33. The van der Waals surface area contributed by atoms with Crippen LogP contribution in [0.1, 0.15) is 27.0 Å². The molecule has 18 heavy (non-hydrogen) atoms. The molecule has 2 aromatic rings. The zero-order valence-corrected chi connectivity index (χ0v) is 9.47. The molecule has 0 fully saturated rings. The summed E-state index contributed by atoms with van der Waals surface area (Å²) >= 11 is 0. The molecule has 0 bridgehead atoms. The molecule has 3 rings (SSSR count). The monoisotopic (exact) mass is 238 g/mol. The first-order valence-corrected chi connectivity index (χ1v) is 5.49. The minimum absolute atomic E-state index is 0.0902. The number of fused-ring (bicyclic) bond motifs is 2. The van der Waals surface area contributed by atoms with Gasteiger partial charge in [0.05, 0.1) is 11.1 Å². The molecule has 0 radical (unpaired) electrons. The van der Waals surface area contributed by atoms with Crippen molar-refractivity contribution in [2.45, 2.75) is 0 Å². The highest BCUT2D eigenvalue weighted by atomic mass is 16.3. The molecule has 1 aliphatic rings. The highest BCUT2D eigenvalue weighted by molar-refractivity contribution is 6.21. The molecule has 0 heterocycles. The topological polar surface area (TPSA) is 57.5 Å². The third kappa shape index (κ3) is 1.21. The number of carbonyl (C=O) groups excluding carboxylic acids is 1. The van der Waals surface area contributed by atoms with Crippen LogP contribution in [0.4, 0.5) is 0 Å². The Hall–Kier alpha value is -2.55. The number of hydrogen-bond donors (Lipinski definition) is 2. The van der Waals surface area contributed by atoms with Gasteiger partial charge < -0.3 is 10.2 Å². The number of benzene rings is 2. The van der Waals surface area contributed by atoms with Gasteiger partial charge in [-0.2, -0.15) is 0 Å². The van der Waals surface area contributed by atoms with Crippen molar-refractivity contribution < 1.29 is 15.0 Å². The van der Waals surface area contributed by atoms with Crippen LogP contribution >= 0.6 is 0 Å². The van der Waals surface area contributed by atoms with Crippen LogP contribution < -0.4 is 0 Å². The molecule has 0 saturated carbocycles. The van der Waals surface area contributed by atoms with Crippen LogP contribution in [0.2, 0.25) is 0 Å². The summed E-state index contributed by atoms with van der Waals surface area (Å²) in [6.45, 7) is 3.94. The highest BCUT2D eigenvalue weighted by Crippen LogP contribution is 2.41. The predicted molar refractivity (Wildman–Crippen MR) is 67.8 cm³/mol. The van der Waals surface area contributed by atoms with Crippen molar-refractivity contribution in [3.8, 4) is 11.5 Å². The van der Waals surface area contributed by atoms with Gasteiger partial charge in [-0.1, -0.05) is 30.8 Å². The number of phenolic OH excluding ortho intramolecular Hbond substituents is 2. The van der Waals surface area contributed by atoms with Crippen LogP contribution in [-0.2, 0) is 0 Å². The van der Waals surface area contributed by atoms with Crippen molar-refractivity contribution >= 4 is 11.4 Å². The van der Waals surface area contributed by atoms with E-state index in [-0.39, 0.29) is 28.4 Å². The quantitative estimate of drug-likeness (QED) is 0.633. The number of rotatable bonds is 0. The lowest BCUT2D eigenvalue weighted by atomic mass is 9.81. The van der Waals surface area contributed by atoms with Gasteiger partial charge in [0.2, 0.25) is 5.78 Å². The Morgan fingerprint density at radius 1 is 0.833 bits per heavy atom. The maximum Gasteiger partial charge on any atom is 0.201 e. The van der Waals surface area contributed by atoms with E-state index in [9.17, 15) is 15.0 Å². The van der Waals surface area contributed by atoms with E-state index in [1.54, 1.807) is 24.3 Å². The Bertz CT molecular complexity index is 641. The molecule has 2 aromatic carbocycles. The summed E-state index contributed by atoms with van der Waals surface area (Å²) in [6, 6.07) is 9.72. The number of ketones is 1. The van der Waals surface area contributed by atoms with Gasteiger partial charge in [0.25, 0.3) is 0 Å². The second-order valence-electron chi connectivity index (χ2n) is 4.21. The predicted octanol–water partition coefficient (Wildman–Crippen LogP) is 2.70. The molecule has 0 atom stereocenters. The van der Waals surface area contributed by atoms with Crippen LogP contribution in [0, 0.1) is 0 Å². The van der Waals surface area contributed by atoms with Crippen molar-refractivity contribution in [3.05, 3.63) is 65.2 Å². The van der Waals surface area contributed by atoms with Gasteiger partial charge in [-0.25, -0.2) is 0 Å². The van der Waals surface area contributed by atoms with Crippen molar-refractivity contribution in [2.24, 2.45) is 0 Å². The Balaban J connectivity index is 2.40. The molecule has 3 heteroatoms. The van der Waals surface area contributed by atoms with Crippen LogP contribution in [-0.4, -0.2) is 16.0 Å². The molecule has 1 aliphatic carbocycles. The molecule has 3 nitrogen and oxygen atoms in total. The van der Waals surface area contributed by atoms with E-state index >= 15 is 0 Å². The SMILES string of the molecule is C=C1c2cccc(O)c2C(=O)c2c(O)cccc21. The fourth-order valence-electron chi connectivity index (χ4n) is 2.33. The lowest BCUT2D eigenvalue weighted by molar-refractivity contribution is 0.103. The van der Waals surface area contributed by atoms with Crippen LogP contribution in [0.15, 0.2) is 43.0 Å². The van der Waals surface area contributed by atoms with Gasteiger partial charge in [0.1, 0.15) is 11.5 Å². The van der Waals surface area contributed by atoms with Crippen molar-refractivity contribution in [1.29, 1.82) is 0 Å². The Morgan fingerprint density at radius 3 is 1.72 bits per heavy atom. The zero-order chi connectivity index (χ0) is 12.9. The van der Waals surface area contributed by atoms with Crippen molar-refractivity contribution in [1.82, 2.24) is 0 Å². The lowest BCUT2D eigenvalue weighted by Gasteiger charge is -2.21. The second-order valence-corrected chi connectivity index (χ2v) is 4.21. The number of phenols is 2. The van der Waals surface area contributed by atoms with Crippen molar-refractivity contribution in [2.75, 3.05) is 0 Å². The lowest BCUT2D eigenvalue weighted by Crippen LogP contribution is -2.14. The molecule has 0 spiro atoms. The first-order chi connectivity index (χ1) is 8.61. The first kappa shape index (κ1) is 10.6. The van der Waals surface area contributed by atoms with Gasteiger partial charge in [0.15, 0.2) is 0 Å². The van der Waals surface area contributed by atoms with E-state index in [0.717, 1.165) is 0 Å². The fraction of sp³-hybridized carbons (Fsp3) is 0. The average molecular weight is 238 g/mol.